The summed E-state index contributed by atoms with van der Waals surface area (Å²) in [5.41, 5.74) is 10.5. The van der Waals surface area contributed by atoms with Crippen LogP contribution >= 0.6 is 0 Å². The van der Waals surface area contributed by atoms with E-state index in [-0.39, 0.29) is 16.7 Å². The second kappa shape index (κ2) is 7.87. The number of nitrogens with two attached hydrogens (primary N) is 1. The quantitative estimate of drug-likeness (QED) is 0.770. The maximum Gasteiger partial charge on any atom is 0.237 e. The predicted molar refractivity (Wildman–Crippen MR) is 132 cm³/mol. The summed E-state index contributed by atoms with van der Waals surface area (Å²) in [6.07, 6.45) is 2.43. The number of piperazine rings is 1. The summed E-state index contributed by atoms with van der Waals surface area (Å²) < 4.78 is 0. The molecule has 1 fully saturated rings. The molecular formula is C27H38N4O. The fraction of sp³-hybridized carbons (Fsp3) is 0.556. The maximum atomic E-state index is 11.8. The number of rotatable bonds is 4. The van der Waals surface area contributed by atoms with Crippen LogP contribution in [-0.4, -0.2) is 47.5 Å². The Morgan fingerprint density at radius 1 is 0.938 bits per heavy atom. The third-order valence-electron chi connectivity index (χ3n) is 7.88. The molecule has 2 N–H and O–H groups in total. The number of benzene rings is 1. The van der Waals surface area contributed by atoms with Crippen molar-refractivity contribution in [2.75, 3.05) is 31.1 Å². The van der Waals surface area contributed by atoms with Crippen LogP contribution in [0.15, 0.2) is 36.4 Å². The molecule has 2 aromatic rings. The summed E-state index contributed by atoms with van der Waals surface area (Å²) in [6.45, 7) is 16.5. The van der Waals surface area contributed by atoms with Crippen LogP contribution in [-0.2, 0) is 15.6 Å². The van der Waals surface area contributed by atoms with Gasteiger partial charge in [0, 0.05) is 31.7 Å². The van der Waals surface area contributed by atoms with E-state index >= 15 is 0 Å². The highest BCUT2D eigenvalue weighted by Gasteiger charge is 2.37. The summed E-state index contributed by atoms with van der Waals surface area (Å²) in [5.74, 6) is 0.723. The number of primary amides is 1. The van der Waals surface area contributed by atoms with Crippen LogP contribution in [0, 0.1) is 0 Å². The minimum Gasteiger partial charge on any atom is -0.368 e. The molecule has 0 radical (unpaired) electrons. The predicted octanol–water partition coefficient (Wildman–Crippen LogP) is 4.48. The third kappa shape index (κ3) is 4.03. The van der Waals surface area contributed by atoms with Crippen molar-refractivity contribution in [2.24, 2.45) is 5.73 Å². The molecule has 5 heteroatoms. The Morgan fingerprint density at radius 2 is 1.56 bits per heavy atom. The molecule has 0 saturated carbocycles. The summed E-state index contributed by atoms with van der Waals surface area (Å²) in [6, 6.07) is 13.2. The van der Waals surface area contributed by atoms with Crippen LogP contribution in [0.1, 0.15) is 65.5 Å². The summed E-state index contributed by atoms with van der Waals surface area (Å²) in [7, 11) is 0. The lowest BCUT2D eigenvalue weighted by Gasteiger charge is -2.42. The lowest BCUT2D eigenvalue weighted by molar-refractivity contribution is -0.128. The molecule has 0 atom stereocenters. The van der Waals surface area contributed by atoms with Crippen LogP contribution < -0.4 is 10.6 Å². The van der Waals surface area contributed by atoms with Gasteiger partial charge in [-0.15, -0.1) is 0 Å². The minimum atomic E-state index is -0.620. The standard InChI is InChI=1S/C27H38N4O/c1-25(2)12-13-26(3,4)21-18-19(10-11-20(21)25)22-8-7-9-23(29-22)30-14-16-31(17-15-30)27(5,6)24(28)32/h7-11,18H,12-17H2,1-6H3,(H2,28,32). The first-order chi connectivity index (χ1) is 14.9. The van der Waals surface area contributed by atoms with Crippen molar-refractivity contribution in [3.8, 4) is 11.3 Å². The van der Waals surface area contributed by atoms with Gasteiger partial charge in [0.25, 0.3) is 0 Å². The molecule has 1 saturated heterocycles. The fourth-order valence-electron chi connectivity index (χ4n) is 5.16. The van der Waals surface area contributed by atoms with E-state index in [2.05, 4.69) is 73.9 Å². The van der Waals surface area contributed by atoms with Crippen molar-refractivity contribution >= 4 is 11.7 Å². The number of carbonyl (C=O) groups excluding carboxylic acids is 1. The maximum absolute atomic E-state index is 11.8. The average Bonchev–Trinajstić information content (AvgIpc) is 2.77. The molecule has 1 aromatic carbocycles. The molecule has 0 spiro atoms. The van der Waals surface area contributed by atoms with Crippen molar-refractivity contribution in [1.29, 1.82) is 0 Å². The Bertz CT molecular complexity index is 1020. The van der Waals surface area contributed by atoms with Gasteiger partial charge in [-0.05, 0) is 66.8 Å². The van der Waals surface area contributed by atoms with Gasteiger partial charge in [-0.2, -0.15) is 0 Å². The average molecular weight is 435 g/mol. The van der Waals surface area contributed by atoms with Gasteiger partial charge in [0.1, 0.15) is 5.82 Å². The number of hydrogen-bond acceptors (Lipinski definition) is 4. The smallest absolute Gasteiger partial charge is 0.237 e. The Morgan fingerprint density at radius 3 is 2.19 bits per heavy atom. The van der Waals surface area contributed by atoms with Gasteiger partial charge in [-0.3, -0.25) is 9.69 Å². The zero-order valence-corrected chi connectivity index (χ0v) is 20.5. The molecule has 1 amide bonds. The van der Waals surface area contributed by atoms with Crippen LogP contribution in [0.2, 0.25) is 0 Å². The van der Waals surface area contributed by atoms with Gasteiger partial charge in [-0.25, -0.2) is 4.98 Å². The third-order valence-corrected chi connectivity index (χ3v) is 7.88. The van der Waals surface area contributed by atoms with Crippen molar-refractivity contribution in [2.45, 2.75) is 70.8 Å². The van der Waals surface area contributed by atoms with Crippen LogP contribution in [0.5, 0.6) is 0 Å². The topological polar surface area (TPSA) is 62.5 Å². The van der Waals surface area contributed by atoms with E-state index in [1.165, 1.54) is 29.5 Å². The highest BCUT2D eigenvalue weighted by Crippen LogP contribution is 2.46. The zero-order valence-electron chi connectivity index (χ0n) is 20.5. The summed E-state index contributed by atoms with van der Waals surface area (Å²) >= 11 is 0. The van der Waals surface area contributed by atoms with E-state index in [0.29, 0.717) is 0 Å². The van der Waals surface area contributed by atoms with E-state index in [1.54, 1.807) is 0 Å². The number of fused-ring (bicyclic) bond motifs is 1. The lowest BCUT2D eigenvalue weighted by Crippen LogP contribution is -2.59. The van der Waals surface area contributed by atoms with Gasteiger partial charge in [0.15, 0.2) is 0 Å². The molecule has 2 heterocycles. The molecule has 0 bridgehead atoms. The highest BCUT2D eigenvalue weighted by molar-refractivity contribution is 5.83. The van der Waals surface area contributed by atoms with Gasteiger partial charge >= 0.3 is 0 Å². The van der Waals surface area contributed by atoms with E-state index in [0.717, 1.165) is 37.7 Å². The Hall–Kier alpha value is -2.40. The fourth-order valence-corrected chi connectivity index (χ4v) is 5.16. The number of pyridine rings is 1. The van der Waals surface area contributed by atoms with Gasteiger partial charge in [0.2, 0.25) is 5.91 Å². The first kappa shape index (κ1) is 22.8. The monoisotopic (exact) mass is 434 g/mol. The number of carbonyl (C=O) groups is 1. The summed E-state index contributed by atoms with van der Waals surface area (Å²) in [5, 5.41) is 0. The van der Waals surface area contributed by atoms with Crippen molar-refractivity contribution in [1.82, 2.24) is 9.88 Å². The number of aromatic nitrogens is 1. The Kier molecular flexibility index (Phi) is 5.61. The van der Waals surface area contributed by atoms with Crippen LogP contribution in [0.4, 0.5) is 5.82 Å². The van der Waals surface area contributed by atoms with Gasteiger partial charge < -0.3 is 10.6 Å². The number of hydrogen-bond donors (Lipinski definition) is 1. The number of nitrogens with zero attached hydrogens (tertiary/aromatic N) is 3. The zero-order chi connectivity index (χ0) is 23.3. The molecule has 4 rings (SSSR count). The van der Waals surface area contributed by atoms with Crippen molar-refractivity contribution in [3.63, 3.8) is 0 Å². The Balaban J connectivity index is 1.58. The first-order valence-corrected chi connectivity index (χ1v) is 11.8. The molecule has 1 aromatic heterocycles. The highest BCUT2D eigenvalue weighted by atomic mass is 16.1. The van der Waals surface area contributed by atoms with Crippen LogP contribution in [0.3, 0.4) is 0 Å². The molecule has 2 aliphatic rings. The van der Waals surface area contributed by atoms with E-state index in [4.69, 9.17) is 10.7 Å². The largest absolute Gasteiger partial charge is 0.368 e. The molecule has 32 heavy (non-hydrogen) atoms. The SMILES string of the molecule is CC1(C)CCC(C)(C)c2cc(-c3cccc(N4CCN(C(C)(C)C(N)=O)CC4)n3)ccc21. The number of anilines is 1. The molecule has 5 nitrogen and oxygen atoms in total. The number of amides is 1. The second-order valence-electron chi connectivity index (χ2n) is 11.3. The molecule has 1 aliphatic heterocycles. The van der Waals surface area contributed by atoms with E-state index in [9.17, 15) is 4.79 Å². The van der Waals surface area contributed by atoms with E-state index in [1.807, 2.05) is 13.8 Å². The normalized spacial score (nSPS) is 20.6. The van der Waals surface area contributed by atoms with Crippen molar-refractivity contribution in [3.05, 3.63) is 47.5 Å². The van der Waals surface area contributed by atoms with Crippen molar-refractivity contribution < 1.29 is 4.79 Å². The summed E-state index contributed by atoms with van der Waals surface area (Å²) in [4.78, 5) is 21.3. The second-order valence-corrected chi connectivity index (χ2v) is 11.3. The van der Waals surface area contributed by atoms with Gasteiger partial charge in [-0.1, -0.05) is 45.9 Å². The molecule has 0 unspecified atom stereocenters. The molecule has 172 valence electrons. The van der Waals surface area contributed by atoms with Gasteiger partial charge in [0.05, 0.1) is 11.2 Å². The molecule has 1 aliphatic carbocycles. The minimum absolute atomic E-state index is 0.183. The Labute approximate surface area is 193 Å². The molecular weight excluding hydrogens is 396 g/mol. The van der Waals surface area contributed by atoms with E-state index < -0.39 is 5.54 Å². The van der Waals surface area contributed by atoms with Crippen LogP contribution in [0.25, 0.3) is 11.3 Å². The first-order valence-electron chi connectivity index (χ1n) is 11.8. The lowest BCUT2D eigenvalue weighted by atomic mass is 9.63.